The van der Waals surface area contributed by atoms with Crippen molar-refractivity contribution in [3.63, 3.8) is 0 Å². The molecule has 4 nitrogen and oxygen atoms in total. The Bertz CT molecular complexity index is 483. The van der Waals surface area contributed by atoms with E-state index in [1.807, 2.05) is 0 Å². The van der Waals surface area contributed by atoms with Crippen molar-refractivity contribution in [2.24, 2.45) is 17.3 Å². The van der Waals surface area contributed by atoms with Crippen LogP contribution >= 0.6 is 11.6 Å². The lowest BCUT2D eigenvalue weighted by atomic mass is 9.63. The van der Waals surface area contributed by atoms with E-state index in [0.717, 1.165) is 51.4 Å². The van der Waals surface area contributed by atoms with E-state index < -0.39 is 12.1 Å². The summed E-state index contributed by atoms with van der Waals surface area (Å²) in [5.41, 5.74) is 0.114. The Hall–Kier alpha value is -0.580. The van der Waals surface area contributed by atoms with E-state index in [9.17, 15) is 15.0 Å². The summed E-state index contributed by atoms with van der Waals surface area (Å²) in [6.45, 7) is 2.16. The zero-order chi connectivity index (χ0) is 19.9. The highest BCUT2D eigenvalue weighted by Gasteiger charge is 2.42. The van der Waals surface area contributed by atoms with Crippen molar-refractivity contribution in [3.8, 4) is 0 Å². The fraction of sp³-hybridized carbons (Fsp3) is 0.864. The smallest absolute Gasteiger partial charge is 0.303 e. The summed E-state index contributed by atoms with van der Waals surface area (Å²) >= 11 is 6.50. The van der Waals surface area contributed by atoms with Crippen molar-refractivity contribution in [2.45, 2.75) is 102 Å². The van der Waals surface area contributed by atoms with Crippen molar-refractivity contribution in [1.82, 2.24) is 0 Å². The van der Waals surface area contributed by atoms with Crippen molar-refractivity contribution < 1.29 is 20.1 Å². The molecule has 2 aliphatic carbocycles. The van der Waals surface area contributed by atoms with Gasteiger partial charge in [0.15, 0.2) is 0 Å². The highest BCUT2D eigenvalue weighted by molar-refractivity contribution is 6.21. The predicted octanol–water partition coefficient (Wildman–Crippen LogP) is 4.90. The summed E-state index contributed by atoms with van der Waals surface area (Å²) in [5.74, 6) is -0.398. The molecule has 0 bridgehead atoms. The third-order valence-corrected chi connectivity index (χ3v) is 7.53. The molecular formula is C22H37ClO4. The van der Waals surface area contributed by atoms with Gasteiger partial charge in [-0.2, -0.15) is 0 Å². The molecule has 0 heterocycles. The fourth-order valence-electron chi connectivity index (χ4n) is 4.91. The summed E-state index contributed by atoms with van der Waals surface area (Å²) < 4.78 is 0. The highest BCUT2D eigenvalue weighted by atomic mass is 35.5. The molecule has 0 amide bonds. The van der Waals surface area contributed by atoms with Gasteiger partial charge in [0, 0.05) is 17.7 Å². The number of unbranched alkanes of at least 4 members (excludes halogenated alkanes) is 3. The second-order valence-electron chi connectivity index (χ2n) is 8.66. The van der Waals surface area contributed by atoms with E-state index in [0.29, 0.717) is 12.8 Å². The van der Waals surface area contributed by atoms with E-state index in [4.69, 9.17) is 16.7 Å². The fourth-order valence-corrected chi connectivity index (χ4v) is 5.39. The molecule has 27 heavy (non-hydrogen) atoms. The van der Waals surface area contributed by atoms with Crippen molar-refractivity contribution in [3.05, 3.63) is 12.2 Å². The SMILES string of the molecule is CCC1(C(O)C/C=C/C2C(O)CC(Cl)C2CCCCCCC(=O)O)CCC1. The molecule has 0 aliphatic heterocycles. The van der Waals surface area contributed by atoms with Gasteiger partial charge in [-0.05, 0) is 56.3 Å². The minimum Gasteiger partial charge on any atom is -0.481 e. The van der Waals surface area contributed by atoms with E-state index >= 15 is 0 Å². The molecule has 156 valence electrons. The topological polar surface area (TPSA) is 77.8 Å². The average Bonchev–Trinajstić information content (AvgIpc) is 2.84. The Morgan fingerprint density at radius 3 is 2.56 bits per heavy atom. The second-order valence-corrected chi connectivity index (χ2v) is 9.22. The van der Waals surface area contributed by atoms with Crippen LogP contribution in [0, 0.1) is 17.3 Å². The number of aliphatic carboxylic acids is 1. The number of alkyl halides is 1. The lowest BCUT2D eigenvalue weighted by Crippen LogP contribution is -2.40. The van der Waals surface area contributed by atoms with Crippen LogP contribution in [-0.4, -0.2) is 38.9 Å². The predicted molar refractivity (Wildman–Crippen MR) is 109 cm³/mol. The van der Waals surface area contributed by atoms with Crippen LogP contribution in [0.25, 0.3) is 0 Å². The Labute approximate surface area is 169 Å². The summed E-state index contributed by atoms with van der Waals surface area (Å²) in [6.07, 6.45) is 14.1. The summed E-state index contributed by atoms with van der Waals surface area (Å²) in [5, 5.41) is 29.6. The van der Waals surface area contributed by atoms with Crippen LogP contribution in [0.2, 0.25) is 0 Å². The average molecular weight is 401 g/mol. The summed E-state index contributed by atoms with van der Waals surface area (Å²) in [7, 11) is 0. The van der Waals surface area contributed by atoms with Crippen LogP contribution in [0.15, 0.2) is 12.2 Å². The maximum absolute atomic E-state index is 10.6. The quantitative estimate of drug-likeness (QED) is 0.247. The standard InChI is InChI=1S/C22H37ClO4/c1-2-22(13-8-14-22)20(25)11-7-10-17-16(18(23)15-19(17)24)9-5-3-4-6-12-21(26)27/h7,10,16-20,24-25H,2-6,8-9,11-15H2,1H3,(H,26,27)/b10-7+. The zero-order valence-corrected chi connectivity index (χ0v) is 17.4. The Kier molecular flexibility index (Phi) is 9.10. The van der Waals surface area contributed by atoms with Crippen molar-refractivity contribution >= 4 is 17.6 Å². The number of aliphatic hydroxyl groups excluding tert-OH is 2. The molecule has 0 saturated heterocycles. The van der Waals surface area contributed by atoms with Crippen LogP contribution in [-0.2, 0) is 4.79 Å². The van der Waals surface area contributed by atoms with Gasteiger partial charge in [-0.25, -0.2) is 0 Å². The first-order chi connectivity index (χ1) is 12.9. The van der Waals surface area contributed by atoms with E-state index in [1.54, 1.807) is 0 Å². The molecule has 5 unspecified atom stereocenters. The molecule has 0 aromatic heterocycles. The molecule has 2 rings (SSSR count). The molecule has 0 aromatic rings. The minimum absolute atomic E-state index is 0.00721. The van der Waals surface area contributed by atoms with Gasteiger partial charge >= 0.3 is 5.97 Å². The Morgan fingerprint density at radius 2 is 1.96 bits per heavy atom. The van der Waals surface area contributed by atoms with Gasteiger partial charge in [0.2, 0.25) is 0 Å². The number of aliphatic hydroxyl groups is 2. The van der Waals surface area contributed by atoms with Crippen LogP contribution < -0.4 is 0 Å². The van der Waals surface area contributed by atoms with Gasteiger partial charge in [0.05, 0.1) is 12.2 Å². The second kappa shape index (κ2) is 10.8. The maximum atomic E-state index is 10.6. The molecule has 0 aromatic carbocycles. The van der Waals surface area contributed by atoms with Gasteiger partial charge < -0.3 is 15.3 Å². The first kappa shape index (κ1) is 22.7. The van der Waals surface area contributed by atoms with E-state index in [1.165, 1.54) is 6.42 Å². The first-order valence-electron chi connectivity index (χ1n) is 10.8. The number of carboxylic acids is 1. The summed E-state index contributed by atoms with van der Waals surface area (Å²) in [4.78, 5) is 10.5. The van der Waals surface area contributed by atoms with E-state index in [2.05, 4.69) is 19.1 Å². The van der Waals surface area contributed by atoms with Crippen LogP contribution in [0.5, 0.6) is 0 Å². The monoisotopic (exact) mass is 400 g/mol. The largest absolute Gasteiger partial charge is 0.481 e. The zero-order valence-electron chi connectivity index (χ0n) is 16.7. The van der Waals surface area contributed by atoms with Crippen LogP contribution in [0.3, 0.4) is 0 Å². The Balaban J connectivity index is 1.77. The first-order valence-corrected chi connectivity index (χ1v) is 11.2. The number of hydrogen-bond donors (Lipinski definition) is 3. The van der Waals surface area contributed by atoms with Crippen molar-refractivity contribution in [1.29, 1.82) is 0 Å². The maximum Gasteiger partial charge on any atom is 0.303 e. The molecule has 0 spiro atoms. The molecular weight excluding hydrogens is 364 g/mol. The third-order valence-electron chi connectivity index (χ3n) is 7.03. The minimum atomic E-state index is -0.728. The number of carbonyl (C=O) groups is 1. The molecule has 0 radical (unpaired) electrons. The van der Waals surface area contributed by atoms with Gasteiger partial charge in [-0.1, -0.05) is 44.8 Å². The van der Waals surface area contributed by atoms with Gasteiger partial charge in [0.1, 0.15) is 0 Å². The van der Waals surface area contributed by atoms with Gasteiger partial charge in [-0.3, -0.25) is 4.79 Å². The van der Waals surface area contributed by atoms with Gasteiger partial charge in [0.25, 0.3) is 0 Å². The summed E-state index contributed by atoms with van der Waals surface area (Å²) in [6, 6.07) is 0. The molecule has 3 N–H and O–H groups in total. The van der Waals surface area contributed by atoms with Crippen LogP contribution in [0.4, 0.5) is 0 Å². The normalized spacial score (nSPS) is 31.1. The van der Waals surface area contributed by atoms with E-state index in [-0.39, 0.29) is 35.2 Å². The number of halogens is 1. The third kappa shape index (κ3) is 6.20. The van der Waals surface area contributed by atoms with Gasteiger partial charge in [-0.15, -0.1) is 11.6 Å². The lowest BCUT2D eigenvalue weighted by Gasteiger charge is -2.45. The van der Waals surface area contributed by atoms with Crippen molar-refractivity contribution in [2.75, 3.05) is 0 Å². The number of rotatable bonds is 12. The number of carboxylic acid groups (broad SMARTS) is 1. The Morgan fingerprint density at radius 1 is 1.26 bits per heavy atom. The highest BCUT2D eigenvalue weighted by Crippen LogP contribution is 2.48. The molecule has 2 aliphatic rings. The molecule has 5 heteroatoms. The molecule has 2 fully saturated rings. The molecule has 2 saturated carbocycles. The van der Waals surface area contributed by atoms with Crippen LogP contribution in [0.1, 0.15) is 84.0 Å². The number of hydrogen-bond acceptors (Lipinski definition) is 3. The molecule has 5 atom stereocenters. The lowest BCUT2D eigenvalue weighted by molar-refractivity contribution is -0.137.